The third-order valence-electron chi connectivity index (χ3n) is 3.01. The summed E-state index contributed by atoms with van der Waals surface area (Å²) < 4.78 is 1.88. The lowest BCUT2D eigenvalue weighted by molar-refractivity contribution is -0.119. The fourth-order valence-corrected chi connectivity index (χ4v) is 2.78. The first-order chi connectivity index (χ1) is 10.2. The van der Waals surface area contributed by atoms with E-state index in [-0.39, 0.29) is 11.9 Å². The van der Waals surface area contributed by atoms with Gasteiger partial charge < -0.3 is 5.32 Å². The molecule has 1 heterocycles. The highest BCUT2D eigenvalue weighted by molar-refractivity contribution is 7.99. The largest absolute Gasteiger partial charge is 0.353 e. The summed E-state index contributed by atoms with van der Waals surface area (Å²) in [6, 6.07) is 10.1. The lowest BCUT2D eigenvalue weighted by Crippen LogP contribution is -2.33. The van der Waals surface area contributed by atoms with E-state index in [1.165, 1.54) is 11.8 Å². The summed E-state index contributed by atoms with van der Waals surface area (Å²) in [5.41, 5.74) is 0.991. The molecular weight excluding hydrogens is 284 g/mol. The molecule has 1 aromatic heterocycles. The lowest BCUT2D eigenvalue weighted by atomic mass is 10.2. The highest BCUT2D eigenvalue weighted by atomic mass is 32.2. The van der Waals surface area contributed by atoms with Gasteiger partial charge in [-0.2, -0.15) is 0 Å². The van der Waals surface area contributed by atoms with E-state index >= 15 is 0 Å². The SMILES string of the molecule is CCC[C@@H](C)NC(=O)CSc1nncn1-c1ccccc1. The molecule has 0 fully saturated rings. The summed E-state index contributed by atoms with van der Waals surface area (Å²) in [6.45, 7) is 4.14. The third kappa shape index (κ3) is 4.60. The molecule has 1 aromatic carbocycles. The van der Waals surface area contributed by atoms with Crippen LogP contribution in [0.5, 0.6) is 0 Å². The number of benzene rings is 1. The van der Waals surface area contributed by atoms with E-state index in [2.05, 4.69) is 22.4 Å². The van der Waals surface area contributed by atoms with Gasteiger partial charge in [0, 0.05) is 11.7 Å². The lowest BCUT2D eigenvalue weighted by Gasteiger charge is -2.12. The van der Waals surface area contributed by atoms with Gasteiger partial charge in [0.05, 0.1) is 5.75 Å². The minimum absolute atomic E-state index is 0.0311. The summed E-state index contributed by atoms with van der Waals surface area (Å²) in [5, 5.41) is 11.7. The van der Waals surface area contributed by atoms with Gasteiger partial charge >= 0.3 is 0 Å². The second kappa shape index (κ2) is 7.83. The van der Waals surface area contributed by atoms with Gasteiger partial charge in [-0.05, 0) is 25.5 Å². The van der Waals surface area contributed by atoms with Crippen molar-refractivity contribution in [2.75, 3.05) is 5.75 Å². The summed E-state index contributed by atoms with van der Waals surface area (Å²) in [7, 11) is 0. The van der Waals surface area contributed by atoms with Crippen LogP contribution in [0.25, 0.3) is 5.69 Å². The second-order valence-electron chi connectivity index (χ2n) is 4.86. The average molecular weight is 304 g/mol. The number of nitrogens with zero attached hydrogens (tertiary/aromatic N) is 3. The number of nitrogens with one attached hydrogen (secondary N) is 1. The molecule has 112 valence electrons. The maximum atomic E-state index is 11.9. The van der Waals surface area contributed by atoms with Crippen molar-refractivity contribution in [1.82, 2.24) is 20.1 Å². The van der Waals surface area contributed by atoms with Gasteiger partial charge in [-0.1, -0.05) is 43.3 Å². The average Bonchev–Trinajstić information content (AvgIpc) is 2.94. The molecule has 2 aromatic rings. The van der Waals surface area contributed by atoms with Crippen LogP contribution in [0.3, 0.4) is 0 Å². The number of amides is 1. The van der Waals surface area contributed by atoms with Crippen LogP contribution in [-0.4, -0.2) is 32.5 Å². The van der Waals surface area contributed by atoms with Gasteiger partial charge in [0.2, 0.25) is 5.91 Å². The Balaban J connectivity index is 1.93. The molecule has 0 bridgehead atoms. The molecule has 0 spiro atoms. The van der Waals surface area contributed by atoms with Crippen LogP contribution in [0.2, 0.25) is 0 Å². The molecule has 0 aliphatic rings. The zero-order valence-corrected chi connectivity index (χ0v) is 13.1. The zero-order chi connectivity index (χ0) is 15.1. The fourth-order valence-electron chi connectivity index (χ4n) is 2.04. The molecule has 1 N–H and O–H groups in total. The van der Waals surface area contributed by atoms with Crippen molar-refractivity contribution in [2.45, 2.75) is 37.9 Å². The number of hydrogen-bond acceptors (Lipinski definition) is 4. The van der Waals surface area contributed by atoms with Crippen molar-refractivity contribution in [3.63, 3.8) is 0 Å². The van der Waals surface area contributed by atoms with Crippen molar-refractivity contribution in [2.24, 2.45) is 0 Å². The standard InChI is InChI=1S/C15H20N4OS/c1-3-7-12(2)17-14(20)10-21-15-18-16-11-19(15)13-8-5-4-6-9-13/h4-6,8-9,11-12H,3,7,10H2,1-2H3,(H,17,20)/t12-/m1/s1. The predicted molar refractivity (Wildman–Crippen MR) is 84.6 cm³/mol. The highest BCUT2D eigenvalue weighted by Gasteiger charge is 2.11. The molecular formula is C15H20N4OS. The van der Waals surface area contributed by atoms with Crippen LogP contribution < -0.4 is 5.32 Å². The van der Waals surface area contributed by atoms with Gasteiger partial charge in [0.1, 0.15) is 6.33 Å². The van der Waals surface area contributed by atoms with Crippen LogP contribution in [0.4, 0.5) is 0 Å². The Bertz CT molecular complexity index is 570. The molecule has 0 unspecified atom stereocenters. The van der Waals surface area contributed by atoms with Gasteiger partial charge in [-0.15, -0.1) is 10.2 Å². The number of carbonyl (C=O) groups excluding carboxylic acids is 1. The van der Waals surface area contributed by atoms with Crippen molar-refractivity contribution >= 4 is 17.7 Å². The summed E-state index contributed by atoms with van der Waals surface area (Å²) >= 11 is 1.39. The predicted octanol–water partition coefficient (Wildman–Crippen LogP) is 2.66. The fraction of sp³-hybridized carbons (Fsp3) is 0.400. The van der Waals surface area contributed by atoms with E-state index in [0.717, 1.165) is 23.7 Å². The van der Waals surface area contributed by atoms with E-state index in [0.29, 0.717) is 5.75 Å². The Kier molecular flexibility index (Phi) is 5.80. The molecule has 0 aliphatic carbocycles. The monoisotopic (exact) mass is 304 g/mol. The molecule has 0 aliphatic heterocycles. The first kappa shape index (κ1) is 15.6. The molecule has 0 saturated carbocycles. The molecule has 2 rings (SSSR count). The highest BCUT2D eigenvalue weighted by Crippen LogP contribution is 2.18. The molecule has 1 amide bonds. The van der Waals surface area contributed by atoms with Gasteiger partial charge in [0.25, 0.3) is 0 Å². The van der Waals surface area contributed by atoms with E-state index in [1.54, 1.807) is 6.33 Å². The number of hydrogen-bond donors (Lipinski definition) is 1. The summed E-state index contributed by atoms with van der Waals surface area (Å²) in [5.74, 6) is 0.378. The number of aromatic nitrogens is 3. The molecule has 0 radical (unpaired) electrons. The Morgan fingerprint density at radius 3 is 2.86 bits per heavy atom. The van der Waals surface area contributed by atoms with Gasteiger partial charge in [-0.25, -0.2) is 0 Å². The van der Waals surface area contributed by atoms with Crippen LogP contribution in [0.15, 0.2) is 41.8 Å². The van der Waals surface area contributed by atoms with E-state index in [1.807, 2.05) is 41.8 Å². The minimum Gasteiger partial charge on any atom is -0.353 e. The Labute approximate surface area is 129 Å². The minimum atomic E-state index is 0.0311. The van der Waals surface area contributed by atoms with Gasteiger partial charge in [-0.3, -0.25) is 9.36 Å². The topological polar surface area (TPSA) is 59.8 Å². The first-order valence-corrected chi connectivity index (χ1v) is 8.07. The number of carbonyl (C=O) groups is 1. The Morgan fingerprint density at radius 2 is 2.14 bits per heavy atom. The molecule has 0 saturated heterocycles. The van der Waals surface area contributed by atoms with Crippen LogP contribution in [0, 0.1) is 0 Å². The maximum absolute atomic E-state index is 11.9. The van der Waals surface area contributed by atoms with Crippen molar-refractivity contribution in [3.05, 3.63) is 36.7 Å². The first-order valence-electron chi connectivity index (χ1n) is 7.08. The summed E-state index contributed by atoms with van der Waals surface area (Å²) in [4.78, 5) is 11.9. The molecule has 21 heavy (non-hydrogen) atoms. The van der Waals surface area contributed by atoms with Crippen LogP contribution >= 0.6 is 11.8 Å². The quantitative estimate of drug-likeness (QED) is 0.799. The zero-order valence-electron chi connectivity index (χ0n) is 12.3. The second-order valence-corrected chi connectivity index (χ2v) is 5.81. The molecule has 5 nitrogen and oxygen atoms in total. The van der Waals surface area contributed by atoms with Crippen LogP contribution in [0.1, 0.15) is 26.7 Å². The number of para-hydroxylation sites is 1. The van der Waals surface area contributed by atoms with Crippen molar-refractivity contribution in [3.8, 4) is 5.69 Å². The number of rotatable bonds is 7. The Hall–Kier alpha value is -1.82. The van der Waals surface area contributed by atoms with Crippen molar-refractivity contribution < 1.29 is 4.79 Å². The van der Waals surface area contributed by atoms with Crippen molar-refractivity contribution in [1.29, 1.82) is 0 Å². The van der Waals surface area contributed by atoms with E-state index < -0.39 is 0 Å². The molecule has 6 heteroatoms. The molecule has 1 atom stereocenters. The van der Waals surface area contributed by atoms with Gasteiger partial charge in [0.15, 0.2) is 5.16 Å². The smallest absolute Gasteiger partial charge is 0.230 e. The Morgan fingerprint density at radius 1 is 1.38 bits per heavy atom. The maximum Gasteiger partial charge on any atom is 0.230 e. The third-order valence-corrected chi connectivity index (χ3v) is 3.96. The normalized spacial score (nSPS) is 12.1. The van der Waals surface area contributed by atoms with Crippen LogP contribution in [-0.2, 0) is 4.79 Å². The van der Waals surface area contributed by atoms with E-state index in [9.17, 15) is 4.79 Å². The van der Waals surface area contributed by atoms with E-state index in [4.69, 9.17) is 0 Å². The summed E-state index contributed by atoms with van der Waals surface area (Å²) in [6.07, 6.45) is 3.73. The number of thioether (sulfide) groups is 1.